The molecule has 0 aromatic heterocycles. The van der Waals surface area contributed by atoms with Gasteiger partial charge in [0.25, 0.3) is 0 Å². The molecule has 0 saturated carbocycles. The number of halogens is 5. The average Bonchev–Trinajstić information content (AvgIpc) is 2.20. The molecule has 18 heavy (non-hydrogen) atoms. The van der Waals surface area contributed by atoms with Crippen LogP contribution in [-0.2, 0) is 11.2 Å². The van der Waals surface area contributed by atoms with E-state index in [2.05, 4.69) is 0 Å². The molecule has 0 aliphatic carbocycles. The third kappa shape index (κ3) is 5.71. The number of benzene rings is 1. The van der Waals surface area contributed by atoms with Crippen molar-refractivity contribution in [1.29, 1.82) is 0 Å². The first kappa shape index (κ1) is 15.3. The Labute approximate surface area is 112 Å². The number of hydrogen-bond acceptors (Lipinski definition) is 2. The molecule has 7 heteroatoms. The molecule has 0 saturated heterocycles. The van der Waals surface area contributed by atoms with Crippen LogP contribution in [-0.4, -0.2) is 25.0 Å². The van der Waals surface area contributed by atoms with Crippen molar-refractivity contribution in [2.75, 3.05) is 13.1 Å². The molecule has 2 nitrogen and oxygen atoms in total. The molecule has 1 aromatic rings. The van der Waals surface area contributed by atoms with Crippen molar-refractivity contribution in [3.63, 3.8) is 0 Å². The summed E-state index contributed by atoms with van der Waals surface area (Å²) >= 11 is 11.5. The van der Waals surface area contributed by atoms with Gasteiger partial charge in [0, 0.05) is 16.5 Å². The van der Waals surface area contributed by atoms with Gasteiger partial charge in [-0.2, -0.15) is 13.2 Å². The fourth-order valence-electron chi connectivity index (χ4n) is 1.28. The fraction of sp³-hybridized carbons (Fsp3) is 0.364. The summed E-state index contributed by atoms with van der Waals surface area (Å²) in [6.07, 6.45) is -4.35. The van der Waals surface area contributed by atoms with Crippen LogP contribution in [0.1, 0.15) is 5.56 Å². The van der Waals surface area contributed by atoms with Crippen LogP contribution in [0.15, 0.2) is 18.2 Å². The first-order chi connectivity index (χ1) is 8.28. The number of carbonyl (C=O) groups excluding carboxylic acids is 1. The molecule has 0 aliphatic rings. The quantitative estimate of drug-likeness (QED) is 0.904. The number of hydrogen-bond donors (Lipinski definition) is 1. The first-order valence-corrected chi connectivity index (χ1v) is 5.76. The van der Waals surface area contributed by atoms with Gasteiger partial charge in [0.2, 0.25) is 0 Å². The van der Waals surface area contributed by atoms with E-state index in [1.165, 1.54) is 6.07 Å². The minimum atomic E-state index is -4.32. The number of carbonyl (C=O) groups is 1. The molecule has 0 spiro atoms. The molecule has 100 valence electrons. The molecule has 0 unspecified atom stereocenters. The molecule has 0 amide bonds. The zero-order chi connectivity index (χ0) is 13.8. The molecule has 0 atom stereocenters. The lowest BCUT2D eigenvalue weighted by atomic mass is 10.1. The topological polar surface area (TPSA) is 29.1 Å². The number of nitrogens with one attached hydrogen (secondary N) is 1. The minimum Gasteiger partial charge on any atom is -0.302 e. The van der Waals surface area contributed by atoms with Gasteiger partial charge in [-0.1, -0.05) is 29.3 Å². The van der Waals surface area contributed by atoms with E-state index in [1.807, 2.05) is 5.32 Å². The highest BCUT2D eigenvalue weighted by molar-refractivity contribution is 6.35. The molecule has 0 heterocycles. The highest BCUT2D eigenvalue weighted by atomic mass is 35.5. The minimum absolute atomic E-state index is 0.0269. The molecule has 1 N–H and O–H groups in total. The second-order valence-corrected chi connectivity index (χ2v) is 4.51. The zero-order valence-electron chi connectivity index (χ0n) is 9.15. The molecule has 0 fully saturated rings. The van der Waals surface area contributed by atoms with Crippen molar-refractivity contribution in [2.24, 2.45) is 0 Å². The van der Waals surface area contributed by atoms with Gasteiger partial charge < -0.3 is 5.32 Å². The normalized spacial score (nSPS) is 11.6. The van der Waals surface area contributed by atoms with Gasteiger partial charge in [-0.3, -0.25) is 4.79 Å². The highest BCUT2D eigenvalue weighted by Crippen LogP contribution is 2.21. The Kier molecular flexibility index (Phi) is 5.44. The number of rotatable bonds is 5. The summed E-state index contributed by atoms with van der Waals surface area (Å²) in [7, 11) is 0. The Balaban J connectivity index is 2.45. The largest absolute Gasteiger partial charge is 0.401 e. The van der Waals surface area contributed by atoms with E-state index >= 15 is 0 Å². The second kappa shape index (κ2) is 6.41. The van der Waals surface area contributed by atoms with Crippen LogP contribution in [0.5, 0.6) is 0 Å². The lowest BCUT2D eigenvalue weighted by Gasteiger charge is -2.08. The monoisotopic (exact) mass is 299 g/mol. The molecule has 0 bridgehead atoms. The van der Waals surface area contributed by atoms with Gasteiger partial charge in [0.15, 0.2) is 5.78 Å². The van der Waals surface area contributed by atoms with Crippen LogP contribution >= 0.6 is 23.2 Å². The summed E-state index contributed by atoms with van der Waals surface area (Å²) in [5.41, 5.74) is 0.542. The fourth-order valence-corrected chi connectivity index (χ4v) is 1.76. The number of alkyl halides is 3. The maximum Gasteiger partial charge on any atom is 0.401 e. The Morgan fingerprint density at radius 2 is 1.94 bits per heavy atom. The van der Waals surface area contributed by atoms with Gasteiger partial charge in [-0.05, 0) is 17.7 Å². The zero-order valence-corrected chi connectivity index (χ0v) is 10.7. The summed E-state index contributed by atoms with van der Waals surface area (Å²) in [6, 6.07) is 4.63. The maximum absolute atomic E-state index is 11.8. The van der Waals surface area contributed by atoms with E-state index in [0.717, 1.165) is 0 Å². The van der Waals surface area contributed by atoms with E-state index in [4.69, 9.17) is 23.2 Å². The van der Waals surface area contributed by atoms with Crippen molar-refractivity contribution in [1.82, 2.24) is 5.32 Å². The molecule has 0 radical (unpaired) electrons. The number of ketones is 1. The van der Waals surface area contributed by atoms with Crippen LogP contribution in [0.25, 0.3) is 0 Å². The SMILES string of the molecule is O=C(CNCC(F)(F)F)Cc1ccc(Cl)cc1Cl. The Morgan fingerprint density at radius 3 is 2.50 bits per heavy atom. The van der Waals surface area contributed by atoms with Crippen molar-refractivity contribution in [3.8, 4) is 0 Å². The molecule has 1 aromatic carbocycles. The predicted octanol–water partition coefficient (Wildman–Crippen LogP) is 3.26. The van der Waals surface area contributed by atoms with E-state index in [-0.39, 0.29) is 18.7 Å². The van der Waals surface area contributed by atoms with Crippen molar-refractivity contribution in [3.05, 3.63) is 33.8 Å². The Morgan fingerprint density at radius 1 is 1.28 bits per heavy atom. The van der Waals surface area contributed by atoms with E-state index in [0.29, 0.717) is 15.6 Å². The standard InChI is InChI=1S/C11H10Cl2F3NO/c12-8-2-1-7(10(13)4-8)3-9(18)5-17-6-11(14,15)16/h1-2,4,17H,3,5-6H2. The van der Waals surface area contributed by atoms with Crippen LogP contribution in [0.2, 0.25) is 10.0 Å². The van der Waals surface area contributed by atoms with Gasteiger partial charge in [0.05, 0.1) is 13.1 Å². The predicted molar refractivity (Wildman–Crippen MR) is 64.1 cm³/mol. The average molecular weight is 300 g/mol. The molecule has 1 rings (SSSR count). The second-order valence-electron chi connectivity index (χ2n) is 3.67. The van der Waals surface area contributed by atoms with Crippen LogP contribution in [0.3, 0.4) is 0 Å². The van der Waals surface area contributed by atoms with Crippen molar-refractivity contribution in [2.45, 2.75) is 12.6 Å². The van der Waals surface area contributed by atoms with Crippen LogP contribution < -0.4 is 5.32 Å². The molecular formula is C11H10Cl2F3NO. The Hall–Kier alpha value is -0.780. The van der Waals surface area contributed by atoms with Gasteiger partial charge in [-0.25, -0.2) is 0 Å². The van der Waals surface area contributed by atoms with Crippen LogP contribution in [0.4, 0.5) is 13.2 Å². The van der Waals surface area contributed by atoms with Crippen molar-refractivity contribution >= 4 is 29.0 Å². The van der Waals surface area contributed by atoms with Gasteiger partial charge in [0.1, 0.15) is 0 Å². The van der Waals surface area contributed by atoms with E-state index < -0.39 is 12.7 Å². The summed E-state index contributed by atoms with van der Waals surface area (Å²) in [4.78, 5) is 11.4. The third-order valence-electron chi connectivity index (χ3n) is 2.05. The third-order valence-corrected chi connectivity index (χ3v) is 2.64. The first-order valence-electron chi connectivity index (χ1n) is 5.01. The summed E-state index contributed by atoms with van der Waals surface area (Å²) < 4.78 is 35.5. The molecule has 0 aliphatic heterocycles. The summed E-state index contributed by atoms with van der Waals surface area (Å²) in [5.74, 6) is -0.372. The van der Waals surface area contributed by atoms with Crippen molar-refractivity contribution < 1.29 is 18.0 Å². The lowest BCUT2D eigenvalue weighted by Crippen LogP contribution is -2.33. The van der Waals surface area contributed by atoms with E-state index in [1.54, 1.807) is 12.1 Å². The summed E-state index contributed by atoms with van der Waals surface area (Å²) in [6.45, 7) is -1.54. The number of Topliss-reactive ketones (excluding diaryl/α,β-unsaturated/α-hetero) is 1. The Bertz CT molecular complexity index is 435. The van der Waals surface area contributed by atoms with Gasteiger partial charge >= 0.3 is 6.18 Å². The molecular weight excluding hydrogens is 290 g/mol. The highest BCUT2D eigenvalue weighted by Gasteiger charge is 2.26. The van der Waals surface area contributed by atoms with Gasteiger partial charge in [-0.15, -0.1) is 0 Å². The van der Waals surface area contributed by atoms with E-state index in [9.17, 15) is 18.0 Å². The smallest absolute Gasteiger partial charge is 0.302 e. The summed E-state index contributed by atoms with van der Waals surface area (Å²) in [5, 5.41) is 2.79. The maximum atomic E-state index is 11.8. The lowest BCUT2D eigenvalue weighted by molar-refractivity contribution is -0.127. The van der Waals surface area contributed by atoms with Crippen LogP contribution in [0, 0.1) is 0 Å².